The molecule has 0 spiro atoms. The van der Waals surface area contributed by atoms with Gasteiger partial charge < -0.3 is 4.74 Å². The summed E-state index contributed by atoms with van der Waals surface area (Å²) in [5.74, 6) is -0.593. The van der Waals surface area contributed by atoms with Gasteiger partial charge in [-0.05, 0) is 66.9 Å². The molecule has 0 saturated heterocycles. The summed E-state index contributed by atoms with van der Waals surface area (Å²) in [6.45, 7) is 5.36. The quantitative estimate of drug-likeness (QED) is 0.585. The largest absolute Gasteiger partial charge is 0.465 e. The lowest BCUT2D eigenvalue weighted by atomic mass is 10.1. The van der Waals surface area contributed by atoms with Gasteiger partial charge in [0.1, 0.15) is 6.54 Å². The molecule has 0 bridgehead atoms. The zero-order chi connectivity index (χ0) is 20.3. The lowest BCUT2D eigenvalue weighted by Gasteiger charge is -2.24. The van der Waals surface area contributed by atoms with Crippen molar-refractivity contribution in [3.8, 4) is 0 Å². The molecule has 3 aromatic rings. The van der Waals surface area contributed by atoms with E-state index in [0.717, 1.165) is 26.2 Å². The van der Waals surface area contributed by atoms with Gasteiger partial charge >= 0.3 is 5.97 Å². The van der Waals surface area contributed by atoms with Crippen LogP contribution in [0.25, 0.3) is 10.8 Å². The number of hydrogen-bond donors (Lipinski definition) is 0. The Morgan fingerprint density at radius 1 is 0.929 bits per heavy atom. The molecule has 3 aromatic carbocycles. The zero-order valence-corrected chi connectivity index (χ0v) is 17.0. The number of aryl methyl sites for hydroxylation is 2. The highest BCUT2D eigenvalue weighted by Crippen LogP contribution is 2.27. The predicted molar refractivity (Wildman–Crippen MR) is 111 cm³/mol. The van der Waals surface area contributed by atoms with E-state index in [1.165, 1.54) is 0 Å². The van der Waals surface area contributed by atoms with Crippen molar-refractivity contribution in [1.29, 1.82) is 0 Å². The van der Waals surface area contributed by atoms with Gasteiger partial charge in [-0.2, -0.15) is 0 Å². The smallest absolute Gasteiger partial charge is 0.326 e. The van der Waals surface area contributed by atoms with E-state index in [4.69, 9.17) is 4.74 Å². The molecule has 0 N–H and O–H groups in total. The molecule has 28 heavy (non-hydrogen) atoms. The van der Waals surface area contributed by atoms with Crippen molar-refractivity contribution < 1.29 is 17.9 Å². The summed E-state index contributed by atoms with van der Waals surface area (Å²) >= 11 is 0. The maximum absolute atomic E-state index is 13.4. The lowest BCUT2D eigenvalue weighted by Crippen LogP contribution is -2.36. The highest BCUT2D eigenvalue weighted by atomic mass is 32.2. The molecule has 0 aliphatic rings. The van der Waals surface area contributed by atoms with Crippen LogP contribution in [0.3, 0.4) is 0 Å². The molecule has 0 radical (unpaired) electrons. The Bertz CT molecular complexity index is 1120. The summed E-state index contributed by atoms with van der Waals surface area (Å²) in [6.07, 6.45) is 0. The van der Waals surface area contributed by atoms with Gasteiger partial charge in [0, 0.05) is 0 Å². The molecule has 0 atom stereocenters. The molecule has 5 nitrogen and oxygen atoms in total. The monoisotopic (exact) mass is 397 g/mol. The number of esters is 1. The third-order valence-corrected chi connectivity index (χ3v) is 6.44. The van der Waals surface area contributed by atoms with Crippen molar-refractivity contribution >= 4 is 32.5 Å². The Hall–Kier alpha value is -2.86. The second-order valence-corrected chi connectivity index (χ2v) is 8.46. The van der Waals surface area contributed by atoms with Gasteiger partial charge in [0.25, 0.3) is 10.0 Å². The van der Waals surface area contributed by atoms with Crippen LogP contribution in [0.5, 0.6) is 0 Å². The van der Waals surface area contributed by atoms with E-state index in [9.17, 15) is 13.2 Å². The second kappa shape index (κ2) is 8.02. The highest BCUT2D eigenvalue weighted by Gasteiger charge is 2.28. The minimum atomic E-state index is -3.96. The average molecular weight is 397 g/mol. The van der Waals surface area contributed by atoms with Crippen LogP contribution in [0.2, 0.25) is 0 Å². The SMILES string of the molecule is CCOC(=O)CN(c1ccc(C)c(C)c1)S(=O)(=O)c1ccc2ccccc2c1. The lowest BCUT2D eigenvalue weighted by molar-refractivity contribution is -0.141. The highest BCUT2D eigenvalue weighted by molar-refractivity contribution is 7.92. The zero-order valence-electron chi connectivity index (χ0n) is 16.2. The summed E-state index contributed by atoms with van der Waals surface area (Å²) in [6, 6.07) is 17.8. The first kappa shape index (κ1) is 19.9. The first-order valence-electron chi connectivity index (χ1n) is 9.07. The molecule has 0 heterocycles. The van der Waals surface area contributed by atoms with Crippen LogP contribution in [-0.2, 0) is 19.6 Å². The molecule has 0 fully saturated rings. The molecular weight excluding hydrogens is 374 g/mol. The standard InChI is InChI=1S/C22H23NO4S/c1-4-27-22(24)15-23(20-11-9-16(2)17(3)13-20)28(25,26)21-12-10-18-7-5-6-8-19(18)14-21/h5-14H,4,15H2,1-3H3. The van der Waals surface area contributed by atoms with Crippen molar-refractivity contribution in [2.24, 2.45) is 0 Å². The summed E-state index contributed by atoms with van der Waals surface area (Å²) < 4.78 is 33.0. The Balaban J connectivity index is 2.10. The van der Waals surface area contributed by atoms with Crippen LogP contribution in [0.4, 0.5) is 5.69 Å². The summed E-state index contributed by atoms with van der Waals surface area (Å²) in [5, 5.41) is 1.77. The molecule has 6 heteroatoms. The van der Waals surface area contributed by atoms with Gasteiger partial charge in [-0.3, -0.25) is 9.10 Å². The Morgan fingerprint density at radius 2 is 1.64 bits per heavy atom. The minimum absolute atomic E-state index is 0.133. The maximum atomic E-state index is 13.4. The van der Waals surface area contributed by atoms with Gasteiger partial charge in [-0.25, -0.2) is 8.42 Å². The fraction of sp³-hybridized carbons (Fsp3) is 0.227. The topological polar surface area (TPSA) is 63.7 Å². The van der Waals surface area contributed by atoms with Gasteiger partial charge in [-0.15, -0.1) is 0 Å². The number of rotatable bonds is 6. The minimum Gasteiger partial charge on any atom is -0.465 e. The Kier molecular flexibility index (Phi) is 5.70. The third kappa shape index (κ3) is 4.02. The molecule has 0 aromatic heterocycles. The van der Waals surface area contributed by atoms with Gasteiger partial charge in [-0.1, -0.05) is 36.4 Å². The maximum Gasteiger partial charge on any atom is 0.326 e. The van der Waals surface area contributed by atoms with E-state index >= 15 is 0 Å². The van der Waals surface area contributed by atoms with Crippen LogP contribution >= 0.6 is 0 Å². The number of sulfonamides is 1. The number of ether oxygens (including phenoxy) is 1. The van der Waals surface area contributed by atoms with Crippen LogP contribution in [-0.4, -0.2) is 27.5 Å². The van der Waals surface area contributed by atoms with Crippen LogP contribution in [0.15, 0.2) is 65.6 Å². The van der Waals surface area contributed by atoms with E-state index in [1.807, 2.05) is 44.2 Å². The van der Waals surface area contributed by atoms with E-state index < -0.39 is 16.0 Å². The molecule has 0 aliphatic carbocycles. The van der Waals surface area contributed by atoms with Gasteiger partial charge in [0.05, 0.1) is 17.2 Å². The number of fused-ring (bicyclic) bond motifs is 1. The molecule has 3 rings (SSSR count). The summed E-state index contributed by atoms with van der Waals surface area (Å²) in [7, 11) is -3.96. The van der Waals surface area contributed by atoms with Crippen LogP contribution in [0, 0.1) is 13.8 Å². The number of benzene rings is 3. The number of carbonyl (C=O) groups excluding carboxylic acids is 1. The molecule has 0 unspecified atom stereocenters. The molecule has 0 saturated carbocycles. The van der Waals surface area contributed by atoms with Crippen LogP contribution < -0.4 is 4.31 Å². The van der Waals surface area contributed by atoms with Crippen molar-refractivity contribution in [3.05, 3.63) is 71.8 Å². The Labute approximate surface area is 165 Å². The molecule has 146 valence electrons. The number of nitrogens with zero attached hydrogens (tertiary/aromatic N) is 1. The van der Waals surface area contributed by atoms with Crippen LogP contribution in [0.1, 0.15) is 18.1 Å². The van der Waals surface area contributed by atoms with E-state index in [2.05, 4.69) is 0 Å². The van der Waals surface area contributed by atoms with Crippen molar-refractivity contribution in [2.45, 2.75) is 25.7 Å². The molecule has 0 aliphatic heterocycles. The van der Waals surface area contributed by atoms with E-state index in [-0.39, 0.29) is 18.0 Å². The first-order chi connectivity index (χ1) is 13.3. The van der Waals surface area contributed by atoms with Gasteiger partial charge in [0.2, 0.25) is 0 Å². The third-order valence-electron chi connectivity index (χ3n) is 4.67. The first-order valence-corrected chi connectivity index (χ1v) is 10.5. The molecule has 0 amide bonds. The summed E-state index contributed by atoms with van der Waals surface area (Å²) in [4.78, 5) is 12.3. The van der Waals surface area contributed by atoms with E-state index in [1.54, 1.807) is 37.3 Å². The second-order valence-electron chi connectivity index (χ2n) is 6.59. The van der Waals surface area contributed by atoms with E-state index in [0.29, 0.717) is 5.69 Å². The Morgan fingerprint density at radius 3 is 2.32 bits per heavy atom. The predicted octanol–water partition coefficient (Wildman–Crippen LogP) is 4.22. The number of hydrogen-bond acceptors (Lipinski definition) is 4. The van der Waals surface area contributed by atoms with Gasteiger partial charge in [0.15, 0.2) is 0 Å². The normalized spacial score (nSPS) is 11.4. The average Bonchev–Trinajstić information content (AvgIpc) is 2.68. The molecular formula is C22H23NO4S. The fourth-order valence-corrected chi connectivity index (χ4v) is 4.41. The van der Waals surface area contributed by atoms with Crippen molar-refractivity contribution in [1.82, 2.24) is 0 Å². The summed E-state index contributed by atoms with van der Waals surface area (Å²) in [5.41, 5.74) is 2.42. The number of carbonyl (C=O) groups is 1. The number of anilines is 1. The van der Waals surface area contributed by atoms with Crippen molar-refractivity contribution in [3.63, 3.8) is 0 Å². The van der Waals surface area contributed by atoms with Crippen molar-refractivity contribution in [2.75, 3.05) is 17.5 Å². The fourth-order valence-electron chi connectivity index (χ4n) is 2.97.